The van der Waals surface area contributed by atoms with Gasteiger partial charge in [0, 0.05) is 19.1 Å². The van der Waals surface area contributed by atoms with Crippen LogP contribution in [0, 0.1) is 0 Å². The Morgan fingerprint density at radius 1 is 0.962 bits per heavy atom. The van der Waals surface area contributed by atoms with Gasteiger partial charge in [-0.1, -0.05) is 30.7 Å². The Morgan fingerprint density at radius 2 is 1.62 bits per heavy atom. The fraction of sp³-hybridized carbons (Fsp3) is 0.524. The van der Waals surface area contributed by atoms with Crippen molar-refractivity contribution in [3.63, 3.8) is 0 Å². The molecule has 0 radical (unpaired) electrons. The van der Waals surface area contributed by atoms with Crippen LogP contribution in [-0.2, 0) is 0 Å². The second kappa shape index (κ2) is 7.62. The molecule has 0 aliphatic carbocycles. The quantitative estimate of drug-likeness (QED) is 0.914. The highest BCUT2D eigenvalue weighted by Gasteiger charge is 2.21. The maximum Gasteiger partial charge on any atom is 0.274 e. The number of aromatic amines is 1. The zero-order valence-electron chi connectivity index (χ0n) is 15.6. The Bertz CT molecular complexity index is 786. The summed E-state index contributed by atoms with van der Waals surface area (Å²) in [6.45, 7) is 6.66. The van der Waals surface area contributed by atoms with Crippen molar-refractivity contribution in [2.24, 2.45) is 0 Å². The first-order valence-electron chi connectivity index (χ1n) is 9.91. The first-order chi connectivity index (χ1) is 12.7. The second-order valence-electron chi connectivity index (χ2n) is 7.55. The van der Waals surface area contributed by atoms with Gasteiger partial charge in [-0.15, -0.1) is 0 Å². The van der Waals surface area contributed by atoms with Gasteiger partial charge in [0.25, 0.3) is 5.56 Å². The van der Waals surface area contributed by atoms with Crippen molar-refractivity contribution >= 4 is 5.69 Å². The lowest BCUT2D eigenvalue weighted by Gasteiger charge is -2.32. The van der Waals surface area contributed by atoms with Gasteiger partial charge in [-0.05, 0) is 56.8 Å². The lowest BCUT2D eigenvalue weighted by atomic mass is 9.99. The van der Waals surface area contributed by atoms with E-state index in [0.717, 1.165) is 29.9 Å². The van der Waals surface area contributed by atoms with Gasteiger partial charge in [-0.2, -0.15) is 5.10 Å². The van der Waals surface area contributed by atoms with E-state index in [1.165, 1.54) is 50.8 Å². The molecule has 1 N–H and O–H groups in total. The monoisotopic (exact) mass is 352 g/mol. The van der Waals surface area contributed by atoms with Gasteiger partial charge in [0.2, 0.25) is 0 Å². The van der Waals surface area contributed by atoms with Crippen LogP contribution in [0.5, 0.6) is 0 Å². The smallest absolute Gasteiger partial charge is 0.274 e. The molecule has 0 spiro atoms. The molecule has 3 heterocycles. The lowest BCUT2D eigenvalue weighted by molar-refractivity contribution is 0.175. The number of rotatable bonds is 4. The summed E-state index contributed by atoms with van der Waals surface area (Å²) in [6.07, 6.45) is 8.11. The first-order valence-corrected chi connectivity index (χ1v) is 9.91. The maximum atomic E-state index is 12.5. The number of H-pyrrole nitrogens is 1. The van der Waals surface area contributed by atoms with Crippen LogP contribution in [0.15, 0.2) is 35.3 Å². The molecule has 0 unspecified atom stereocenters. The third-order valence-electron chi connectivity index (χ3n) is 5.90. The van der Waals surface area contributed by atoms with Crippen LogP contribution < -0.4 is 10.5 Å². The molecule has 1 atom stereocenters. The molecule has 2 fully saturated rings. The molecule has 5 heteroatoms. The number of piperidine rings is 1. The molecule has 2 aliphatic rings. The van der Waals surface area contributed by atoms with E-state index in [4.69, 9.17) is 0 Å². The minimum Gasteiger partial charge on any atom is -0.370 e. The second-order valence-corrected chi connectivity index (χ2v) is 7.55. The van der Waals surface area contributed by atoms with Crippen LogP contribution >= 0.6 is 0 Å². The normalized spacial score (nSPS) is 19.7. The summed E-state index contributed by atoms with van der Waals surface area (Å²) in [5, 5.41) is 6.65. The molecule has 1 aromatic heterocycles. The van der Waals surface area contributed by atoms with Gasteiger partial charge in [-0.25, -0.2) is 5.10 Å². The molecular weight excluding hydrogens is 324 g/mol. The average molecular weight is 352 g/mol. The number of anilines is 1. The van der Waals surface area contributed by atoms with Gasteiger partial charge in [0.15, 0.2) is 0 Å². The Labute approximate surface area is 155 Å². The van der Waals surface area contributed by atoms with Crippen molar-refractivity contribution in [2.75, 3.05) is 31.1 Å². The van der Waals surface area contributed by atoms with E-state index in [-0.39, 0.29) is 5.56 Å². The molecule has 1 aromatic carbocycles. The summed E-state index contributed by atoms with van der Waals surface area (Å²) in [5.41, 5.74) is 3.90. The summed E-state index contributed by atoms with van der Waals surface area (Å²) >= 11 is 0. The molecule has 0 bridgehead atoms. The molecule has 5 nitrogen and oxygen atoms in total. The van der Waals surface area contributed by atoms with Crippen molar-refractivity contribution in [3.05, 3.63) is 46.4 Å². The number of hydrogen-bond acceptors (Lipinski definition) is 4. The molecule has 26 heavy (non-hydrogen) atoms. The zero-order chi connectivity index (χ0) is 17.9. The predicted molar refractivity (Wildman–Crippen MR) is 106 cm³/mol. The summed E-state index contributed by atoms with van der Waals surface area (Å²) in [7, 11) is 0. The average Bonchev–Trinajstić information content (AvgIpc) is 3.23. The van der Waals surface area contributed by atoms with Crippen molar-refractivity contribution in [3.8, 4) is 11.1 Å². The summed E-state index contributed by atoms with van der Waals surface area (Å²) in [4.78, 5) is 17.4. The Hall–Kier alpha value is -2.14. The Kier molecular flexibility index (Phi) is 5.07. The molecular formula is C21H28N4O. The van der Waals surface area contributed by atoms with Crippen LogP contribution in [0.4, 0.5) is 5.69 Å². The van der Waals surface area contributed by atoms with E-state index < -0.39 is 0 Å². The van der Waals surface area contributed by atoms with Crippen LogP contribution in [-0.4, -0.2) is 41.3 Å². The van der Waals surface area contributed by atoms with Crippen molar-refractivity contribution in [1.82, 2.24) is 15.1 Å². The molecule has 2 saturated heterocycles. The van der Waals surface area contributed by atoms with E-state index in [2.05, 4.69) is 51.2 Å². The van der Waals surface area contributed by atoms with Crippen LogP contribution in [0.3, 0.4) is 0 Å². The maximum absolute atomic E-state index is 12.5. The third kappa shape index (κ3) is 3.40. The molecule has 2 aromatic rings. The SMILES string of the molecule is C[C@@H](c1ccc(-c2c(N3CCCC3)cn[nH]c2=O)cc1)N1CCCCC1. The highest BCUT2D eigenvalue weighted by Crippen LogP contribution is 2.31. The Balaban J connectivity index is 1.62. The fourth-order valence-corrected chi connectivity index (χ4v) is 4.31. The minimum absolute atomic E-state index is 0.105. The van der Waals surface area contributed by atoms with Gasteiger partial charge >= 0.3 is 0 Å². The van der Waals surface area contributed by atoms with Crippen molar-refractivity contribution in [2.45, 2.75) is 45.1 Å². The first kappa shape index (κ1) is 17.3. The predicted octanol–water partition coefficient (Wildman–Crippen LogP) is 3.58. The minimum atomic E-state index is -0.105. The number of nitrogens with zero attached hydrogens (tertiary/aromatic N) is 3. The number of benzene rings is 1. The molecule has 2 aliphatic heterocycles. The van der Waals surface area contributed by atoms with E-state index in [1.54, 1.807) is 6.20 Å². The highest BCUT2D eigenvalue weighted by atomic mass is 16.1. The summed E-state index contributed by atoms with van der Waals surface area (Å²) < 4.78 is 0. The summed E-state index contributed by atoms with van der Waals surface area (Å²) in [6, 6.07) is 8.99. The topological polar surface area (TPSA) is 52.2 Å². The number of likely N-dealkylation sites (tertiary alicyclic amines) is 1. The van der Waals surface area contributed by atoms with E-state index >= 15 is 0 Å². The van der Waals surface area contributed by atoms with E-state index in [1.807, 2.05) is 0 Å². The van der Waals surface area contributed by atoms with Crippen LogP contribution in [0.1, 0.15) is 50.6 Å². The largest absolute Gasteiger partial charge is 0.370 e. The van der Waals surface area contributed by atoms with Crippen LogP contribution in [0.25, 0.3) is 11.1 Å². The molecule has 0 amide bonds. The fourth-order valence-electron chi connectivity index (χ4n) is 4.31. The standard InChI is InChI=1S/C21H28N4O/c1-16(24-11-3-2-4-12-24)17-7-9-18(10-8-17)20-19(15-22-23-21(20)26)25-13-5-6-14-25/h7-10,15-16H,2-6,11-14H2,1H3,(H,23,26)/t16-/m0/s1. The van der Waals surface area contributed by atoms with Crippen molar-refractivity contribution < 1.29 is 0 Å². The third-order valence-corrected chi connectivity index (χ3v) is 5.90. The van der Waals surface area contributed by atoms with Gasteiger partial charge in [0.1, 0.15) is 0 Å². The van der Waals surface area contributed by atoms with E-state index in [0.29, 0.717) is 6.04 Å². The number of hydrogen-bond donors (Lipinski definition) is 1. The molecule has 4 rings (SSSR count). The molecule has 0 saturated carbocycles. The van der Waals surface area contributed by atoms with E-state index in [9.17, 15) is 4.79 Å². The summed E-state index contributed by atoms with van der Waals surface area (Å²) in [5.74, 6) is 0. The van der Waals surface area contributed by atoms with Crippen LogP contribution in [0.2, 0.25) is 0 Å². The Morgan fingerprint density at radius 3 is 2.31 bits per heavy atom. The number of aromatic nitrogens is 2. The van der Waals surface area contributed by atoms with Gasteiger partial charge in [-0.3, -0.25) is 9.69 Å². The highest BCUT2D eigenvalue weighted by molar-refractivity contribution is 5.77. The van der Waals surface area contributed by atoms with Gasteiger partial charge in [0.05, 0.1) is 17.4 Å². The van der Waals surface area contributed by atoms with Crippen molar-refractivity contribution in [1.29, 1.82) is 0 Å². The van der Waals surface area contributed by atoms with Gasteiger partial charge < -0.3 is 4.90 Å². The lowest BCUT2D eigenvalue weighted by Crippen LogP contribution is -2.32. The zero-order valence-corrected chi connectivity index (χ0v) is 15.6. The molecule has 138 valence electrons. The number of nitrogens with one attached hydrogen (secondary N) is 1.